The zero-order chi connectivity index (χ0) is 18.6. The van der Waals surface area contributed by atoms with Crippen LogP contribution in [0.5, 0.6) is 0 Å². The van der Waals surface area contributed by atoms with Crippen molar-refractivity contribution in [2.45, 2.75) is 57.4 Å². The van der Waals surface area contributed by atoms with Crippen molar-refractivity contribution in [2.24, 2.45) is 23.2 Å². The van der Waals surface area contributed by atoms with Crippen molar-refractivity contribution in [3.05, 3.63) is 29.3 Å². The Morgan fingerprint density at radius 1 is 1.00 bits per heavy atom. The van der Waals surface area contributed by atoms with Crippen LogP contribution in [0.1, 0.15) is 51.4 Å². The van der Waals surface area contributed by atoms with Crippen LogP contribution in [0, 0.1) is 23.2 Å². The van der Waals surface area contributed by atoms with E-state index in [-0.39, 0.29) is 24.3 Å². The molecule has 4 bridgehead atoms. The van der Waals surface area contributed by atoms with E-state index in [1.165, 1.54) is 43.4 Å². The number of carbonyl (C=O) groups excluding carboxylic acids is 2. The van der Waals surface area contributed by atoms with Crippen LogP contribution in [0.4, 0.5) is 5.69 Å². The molecule has 5 fully saturated rings. The van der Waals surface area contributed by atoms with E-state index in [0.29, 0.717) is 16.1 Å². The van der Waals surface area contributed by atoms with Crippen LogP contribution in [-0.2, 0) is 9.59 Å². The first kappa shape index (κ1) is 17.7. The molecule has 144 valence electrons. The fourth-order valence-corrected chi connectivity index (χ4v) is 6.89. The molecule has 4 aliphatic carbocycles. The summed E-state index contributed by atoms with van der Waals surface area (Å²) >= 11 is 5.92. The van der Waals surface area contributed by atoms with E-state index in [2.05, 4.69) is 5.32 Å². The van der Waals surface area contributed by atoms with Crippen LogP contribution in [0.2, 0.25) is 5.02 Å². The number of imide groups is 1. The highest BCUT2D eigenvalue weighted by Gasteiger charge is 2.50. The topological polar surface area (TPSA) is 49.4 Å². The molecule has 1 saturated heterocycles. The maximum absolute atomic E-state index is 12.8. The SMILES string of the molecule is O=C1C[C@H](NCCC23CC4CC(CC(C4)C2)C3)C(=O)N1c1ccc(Cl)cc1. The van der Waals surface area contributed by atoms with Crippen LogP contribution in [0.15, 0.2) is 24.3 Å². The normalized spacial score (nSPS) is 37.4. The highest BCUT2D eigenvalue weighted by molar-refractivity contribution is 6.30. The summed E-state index contributed by atoms with van der Waals surface area (Å²) in [5.41, 5.74) is 1.11. The largest absolute Gasteiger partial charge is 0.305 e. The molecule has 27 heavy (non-hydrogen) atoms. The highest BCUT2D eigenvalue weighted by Crippen LogP contribution is 2.61. The summed E-state index contributed by atoms with van der Waals surface area (Å²) in [6.07, 6.45) is 9.92. The lowest BCUT2D eigenvalue weighted by Crippen LogP contribution is -2.48. The smallest absolute Gasteiger partial charge is 0.251 e. The average molecular weight is 387 g/mol. The van der Waals surface area contributed by atoms with Gasteiger partial charge in [0.15, 0.2) is 0 Å². The van der Waals surface area contributed by atoms with E-state index in [4.69, 9.17) is 11.6 Å². The zero-order valence-corrected chi connectivity index (χ0v) is 16.4. The van der Waals surface area contributed by atoms with Crippen LogP contribution in [-0.4, -0.2) is 24.4 Å². The number of halogens is 1. The van der Waals surface area contributed by atoms with E-state index in [1.807, 2.05) is 0 Å². The number of hydrogen-bond acceptors (Lipinski definition) is 3. The first-order valence-corrected chi connectivity index (χ1v) is 10.7. The quantitative estimate of drug-likeness (QED) is 0.772. The van der Waals surface area contributed by atoms with Crippen LogP contribution in [0.3, 0.4) is 0 Å². The maximum atomic E-state index is 12.8. The fraction of sp³-hybridized carbons (Fsp3) is 0.636. The molecule has 2 amide bonds. The lowest BCUT2D eigenvalue weighted by Gasteiger charge is -2.57. The van der Waals surface area contributed by atoms with Crippen molar-refractivity contribution in [3.8, 4) is 0 Å². The molecule has 0 radical (unpaired) electrons. The number of benzene rings is 1. The van der Waals surface area contributed by atoms with Gasteiger partial charge in [-0.25, -0.2) is 4.90 Å². The number of anilines is 1. The van der Waals surface area contributed by atoms with Gasteiger partial charge in [-0.1, -0.05) is 11.6 Å². The van der Waals surface area contributed by atoms with Crippen LogP contribution >= 0.6 is 11.6 Å². The second-order valence-corrected chi connectivity index (χ2v) is 9.86. The Bertz CT molecular complexity index is 725. The molecular formula is C22H27ClN2O2. The molecule has 6 rings (SSSR count). The number of amides is 2. The molecule has 0 unspecified atom stereocenters. The van der Waals surface area contributed by atoms with E-state index in [9.17, 15) is 9.59 Å². The lowest BCUT2D eigenvalue weighted by molar-refractivity contribution is -0.121. The van der Waals surface area contributed by atoms with E-state index in [0.717, 1.165) is 30.7 Å². The van der Waals surface area contributed by atoms with Gasteiger partial charge in [0.05, 0.1) is 18.2 Å². The molecule has 1 heterocycles. The Morgan fingerprint density at radius 3 is 2.19 bits per heavy atom. The second-order valence-electron chi connectivity index (χ2n) is 9.42. The summed E-state index contributed by atoms with van der Waals surface area (Å²) in [6.45, 7) is 0.838. The summed E-state index contributed by atoms with van der Waals surface area (Å²) in [5.74, 6) is 2.59. The third-order valence-corrected chi connectivity index (χ3v) is 7.69. The van der Waals surface area contributed by atoms with E-state index >= 15 is 0 Å². The Labute approximate surface area is 165 Å². The minimum Gasteiger partial charge on any atom is -0.305 e. The predicted octanol–water partition coefficient (Wildman–Crippen LogP) is 4.17. The van der Waals surface area contributed by atoms with Gasteiger partial charge in [0.2, 0.25) is 5.91 Å². The number of nitrogens with one attached hydrogen (secondary N) is 1. The average Bonchev–Trinajstić information content (AvgIpc) is 2.88. The minimum atomic E-state index is -0.387. The molecule has 5 heteroatoms. The Kier molecular flexibility index (Phi) is 4.32. The van der Waals surface area contributed by atoms with Gasteiger partial charge in [-0.3, -0.25) is 9.59 Å². The van der Waals surface area contributed by atoms with Gasteiger partial charge in [-0.15, -0.1) is 0 Å². The van der Waals surface area contributed by atoms with Crippen molar-refractivity contribution in [1.82, 2.24) is 5.32 Å². The number of nitrogens with zero attached hydrogens (tertiary/aromatic N) is 1. The third-order valence-electron chi connectivity index (χ3n) is 7.44. The molecule has 1 aliphatic heterocycles. The summed E-state index contributed by atoms with van der Waals surface area (Å²) in [5, 5.41) is 4.01. The van der Waals surface area contributed by atoms with E-state index < -0.39 is 0 Å². The van der Waals surface area contributed by atoms with Gasteiger partial charge in [0.25, 0.3) is 5.91 Å². The summed E-state index contributed by atoms with van der Waals surface area (Å²) in [6, 6.07) is 6.50. The monoisotopic (exact) mass is 386 g/mol. The number of rotatable bonds is 5. The first-order valence-electron chi connectivity index (χ1n) is 10.4. The van der Waals surface area contributed by atoms with Crippen LogP contribution < -0.4 is 10.2 Å². The second kappa shape index (κ2) is 6.59. The van der Waals surface area contributed by atoms with Crippen molar-refractivity contribution >= 4 is 29.1 Å². The molecule has 5 aliphatic rings. The molecule has 4 saturated carbocycles. The lowest BCUT2D eigenvalue weighted by atomic mass is 9.49. The Balaban J connectivity index is 1.20. The molecular weight excluding hydrogens is 360 g/mol. The third kappa shape index (κ3) is 3.21. The van der Waals surface area contributed by atoms with Gasteiger partial charge in [-0.2, -0.15) is 0 Å². The van der Waals surface area contributed by atoms with Gasteiger partial charge in [-0.05, 0) is 98.9 Å². The molecule has 1 N–H and O–H groups in total. The number of carbonyl (C=O) groups is 2. The van der Waals surface area contributed by atoms with Crippen molar-refractivity contribution in [3.63, 3.8) is 0 Å². The Hall–Kier alpha value is -1.39. The fourth-order valence-electron chi connectivity index (χ4n) is 6.76. The van der Waals surface area contributed by atoms with Gasteiger partial charge in [0.1, 0.15) is 0 Å². The van der Waals surface area contributed by atoms with Crippen LogP contribution in [0.25, 0.3) is 0 Å². The summed E-state index contributed by atoms with van der Waals surface area (Å²) in [7, 11) is 0. The van der Waals surface area contributed by atoms with Crippen molar-refractivity contribution in [2.75, 3.05) is 11.4 Å². The molecule has 0 aromatic heterocycles. The van der Waals surface area contributed by atoms with Gasteiger partial charge in [0, 0.05) is 5.02 Å². The Morgan fingerprint density at radius 2 is 1.59 bits per heavy atom. The minimum absolute atomic E-state index is 0.130. The molecule has 4 nitrogen and oxygen atoms in total. The van der Waals surface area contributed by atoms with Gasteiger partial charge < -0.3 is 5.32 Å². The summed E-state index contributed by atoms with van der Waals surface area (Å²) < 4.78 is 0. The highest BCUT2D eigenvalue weighted by atomic mass is 35.5. The zero-order valence-electron chi connectivity index (χ0n) is 15.6. The van der Waals surface area contributed by atoms with Crippen molar-refractivity contribution < 1.29 is 9.59 Å². The summed E-state index contributed by atoms with van der Waals surface area (Å²) in [4.78, 5) is 26.5. The maximum Gasteiger partial charge on any atom is 0.251 e. The number of hydrogen-bond donors (Lipinski definition) is 1. The predicted molar refractivity (Wildman–Crippen MR) is 106 cm³/mol. The molecule has 0 spiro atoms. The first-order chi connectivity index (χ1) is 13.0. The molecule has 1 aromatic rings. The molecule has 1 atom stereocenters. The van der Waals surface area contributed by atoms with E-state index in [1.54, 1.807) is 24.3 Å². The van der Waals surface area contributed by atoms with Gasteiger partial charge >= 0.3 is 0 Å². The standard InChI is InChI=1S/C22H27ClN2O2/c23-17-1-3-18(4-2-17)25-20(26)10-19(21(25)27)24-6-5-22-11-14-7-15(12-22)9-16(8-14)13-22/h1-4,14-16,19,24H,5-13H2/t14?,15?,16?,19-,22?/m0/s1. The molecule has 1 aromatic carbocycles. The van der Waals surface area contributed by atoms with Crippen molar-refractivity contribution in [1.29, 1.82) is 0 Å².